The molecule has 0 saturated carbocycles. The summed E-state index contributed by atoms with van der Waals surface area (Å²) in [6, 6.07) is 9.50. The number of nitrogens with zero attached hydrogens (tertiary/aromatic N) is 2. The van der Waals surface area contributed by atoms with Crippen molar-refractivity contribution in [3.05, 3.63) is 59.0 Å². The summed E-state index contributed by atoms with van der Waals surface area (Å²) in [5.74, 6) is -0.144. The summed E-state index contributed by atoms with van der Waals surface area (Å²) in [6.07, 6.45) is 0.707. The fourth-order valence-electron chi connectivity index (χ4n) is 2.12. The van der Waals surface area contributed by atoms with Crippen LogP contribution >= 0.6 is 0 Å². The Hall–Kier alpha value is -2.43. The number of benzene rings is 1. The number of halogens is 1. The molecule has 4 nitrogen and oxygen atoms in total. The molecule has 0 radical (unpaired) electrons. The molecule has 1 amide bonds. The molecule has 0 aliphatic heterocycles. The van der Waals surface area contributed by atoms with Gasteiger partial charge in [-0.3, -0.25) is 4.79 Å². The molecule has 0 atom stereocenters. The predicted molar refractivity (Wildman–Crippen MR) is 80.2 cm³/mol. The molecule has 1 aromatic carbocycles. The molecule has 1 aromatic heterocycles. The van der Waals surface area contributed by atoms with Gasteiger partial charge >= 0.3 is 0 Å². The predicted octanol–water partition coefficient (Wildman–Crippen LogP) is 2.64. The highest BCUT2D eigenvalue weighted by Crippen LogP contribution is 2.13. The highest BCUT2D eigenvalue weighted by molar-refractivity contribution is 5.94. The number of hydrogen-bond acceptors (Lipinski definition) is 3. The summed E-state index contributed by atoms with van der Waals surface area (Å²) in [4.78, 5) is 18.1. The number of carbonyl (C=O) groups excluding carboxylic acids is 1. The van der Waals surface area contributed by atoms with Crippen LogP contribution in [0.5, 0.6) is 0 Å². The number of aromatic nitrogens is 1. The molecule has 2 aromatic rings. The Morgan fingerprint density at radius 3 is 2.76 bits per heavy atom. The summed E-state index contributed by atoms with van der Waals surface area (Å²) in [7, 11) is 1.68. The molecule has 1 heterocycles. The van der Waals surface area contributed by atoms with Crippen LogP contribution in [0.15, 0.2) is 36.4 Å². The van der Waals surface area contributed by atoms with E-state index < -0.39 is 0 Å². The van der Waals surface area contributed by atoms with Crippen LogP contribution in [0, 0.1) is 5.82 Å². The van der Waals surface area contributed by atoms with Crippen LogP contribution in [0.3, 0.4) is 0 Å². The molecule has 2 N–H and O–H groups in total. The Labute approximate surface area is 123 Å². The van der Waals surface area contributed by atoms with E-state index in [0.29, 0.717) is 24.3 Å². The number of nitrogens with two attached hydrogens (primary N) is 1. The van der Waals surface area contributed by atoms with Crippen molar-refractivity contribution in [1.82, 2.24) is 9.88 Å². The van der Waals surface area contributed by atoms with Gasteiger partial charge in [0.05, 0.1) is 0 Å². The van der Waals surface area contributed by atoms with Gasteiger partial charge in [-0.05, 0) is 36.2 Å². The fraction of sp³-hybridized carbons (Fsp3) is 0.250. The average molecular weight is 287 g/mol. The van der Waals surface area contributed by atoms with Crippen molar-refractivity contribution in [2.24, 2.45) is 0 Å². The van der Waals surface area contributed by atoms with Gasteiger partial charge in [0.25, 0.3) is 5.91 Å². The van der Waals surface area contributed by atoms with E-state index in [1.807, 2.05) is 6.92 Å². The van der Waals surface area contributed by atoms with E-state index in [-0.39, 0.29) is 11.7 Å². The summed E-state index contributed by atoms with van der Waals surface area (Å²) in [5.41, 5.74) is 7.73. The maximum Gasteiger partial charge on any atom is 0.254 e. The van der Waals surface area contributed by atoms with Crippen LogP contribution < -0.4 is 5.73 Å². The fourth-order valence-corrected chi connectivity index (χ4v) is 2.12. The molecule has 21 heavy (non-hydrogen) atoms. The summed E-state index contributed by atoms with van der Waals surface area (Å²) < 4.78 is 13.2. The molecule has 0 fully saturated rings. The van der Waals surface area contributed by atoms with Crippen molar-refractivity contribution in [2.75, 3.05) is 12.8 Å². The number of anilines is 1. The maximum absolute atomic E-state index is 13.2. The van der Waals surface area contributed by atoms with Crippen molar-refractivity contribution in [2.45, 2.75) is 19.9 Å². The molecule has 0 bridgehead atoms. The first kappa shape index (κ1) is 15.0. The Bertz CT molecular complexity index is 658. The lowest BCUT2D eigenvalue weighted by molar-refractivity contribution is 0.0784. The molecule has 0 aliphatic carbocycles. The molecule has 0 unspecified atom stereocenters. The van der Waals surface area contributed by atoms with Crippen molar-refractivity contribution >= 4 is 11.7 Å². The second-order valence-corrected chi connectivity index (χ2v) is 4.92. The van der Waals surface area contributed by atoms with Gasteiger partial charge < -0.3 is 10.6 Å². The Morgan fingerprint density at radius 1 is 1.33 bits per heavy atom. The first-order valence-electron chi connectivity index (χ1n) is 6.76. The van der Waals surface area contributed by atoms with Gasteiger partial charge in [0.15, 0.2) is 0 Å². The van der Waals surface area contributed by atoms with Gasteiger partial charge in [0.2, 0.25) is 0 Å². The Morgan fingerprint density at radius 2 is 2.10 bits per heavy atom. The quantitative estimate of drug-likeness (QED) is 0.940. The van der Waals surface area contributed by atoms with Crippen LogP contribution in [0.25, 0.3) is 0 Å². The third-order valence-corrected chi connectivity index (χ3v) is 3.16. The zero-order valence-electron chi connectivity index (χ0n) is 12.1. The van der Waals surface area contributed by atoms with E-state index in [1.165, 1.54) is 17.0 Å². The molecule has 110 valence electrons. The van der Waals surface area contributed by atoms with E-state index in [0.717, 1.165) is 11.3 Å². The molecule has 2 rings (SSSR count). The topological polar surface area (TPSA) is 59.2 Å². The number of aryl methyl sites for hydroxylation is 1. The SMILES string of the molecule is CCc1cc(C(=O)N(C)Cc2cccc(F)c2)cc(N)n1. The monoisotopic (exact) mass is 287 g/mol. The van der Waals surface area contributed by atoms with Gasteiger partial charge in [-0.1, -0.05) is 19.1 Å². The number of hydrogen-bond donors (Lipinski definition) is 1. The van der Waals surface area contributed by atoms with E-state index in [4.69, 9.17) is 5.73 Å². The summed E-state index contributed by atoms with van der Waals surface area (Å²) >= 11 is 0. The van der Waals surface area contributed by atoms with Crippen LogP contribution in [0.1, 0.15) is 28.5 Å². The Balaban J connectivity index is 2.17. The Kier molecular flexibility index (Phi) is 4.52. The summed E-state index contributed by atoms with van der Waals surface area (Å²) in [5, 5.41) is 0. The normalized spacial score (nSPS) is 10.4. The van der Waals surface area contributed by atoms with Gasteiger partial charge in [-0.15, -0.1) is 0 Å². The van der Waals surface area contributed by atoms with E-state index in [1.54, 1.807) is 31.3 Å². The zero-order chi connectivity index (χ0) is 15.4. The lowest BCUT2D eigenvalue weighted by atomic mass is 10.1. The number of carbonyl (C=O) groups is 1. The smallest absolute Gasteiger partial charge is 0.254 e. The zero-order valence-corrected chi connectivity index (χ0v) is 12.1. The molecular formula is C16H18FN3O. The molecule has 5 heteroatoms. The second kappa shape index (κ2) is 6.35. The minimum absolute atomic E-state index is 0.164. The van der Waals surface area contributed by atoms with Gasteiger partial charge in [0.1, 0.15) is 11.6 Å². The van der Waals surface area contributed by atoms with Crippen LogP contribution in [-0.2, 0) is 13.0 Å². The minimum atomic E-state index is -0.310. The number of pyridine rings is 1. The number of amides is 1. The lowest BCUT2D eigenvalue weighted by Gasteiger charge is -2.18. The summed E-state index contributed by atoms with van der Waals surface area (Å²) in [6.45, 7) is 2.28. The van der Waals surface area contributed by atoms with E-state index in [9.17, 15) is 9.18 Å². The third-order valence-electron chi connectivity index (χ3n) is 3.16. The number of nitrogen functional groups attached to an aromatic ring is 1. The largest absolute Gasteiger partial charge is 0.384 e. The van der Waals surface area contributed by atoms with E-state index >= 15 is 0 Å². The molecule has 0 aliphatic rings. The van der Waals surface area contributed by atoms with Crippen molar-refractivity contribution in [3.63, 3.8) is 0 Å². The van der Waals surface area contributed by atoms with Crippen molar-refractivity contribution in [1.29, 1.82) is 0 Å². The highest BCUT2D eigenvalue weighted by atomic mass is 19.1. The van der Waals surface area contributed by atoms with Gasteiger partial charge in [-0.2, -0.15) is 0 Å². The second-order valence-electron chi connectivity index (χ2n) is 4.92. The first-order chi connectivity index (χ1) is 9.99. The van der Waals surface area contributed by atoms with Crippen molar-refractivity contribution in [3.8, 4) is 0 Å². The van der Waals surface area contributed by atoms with Crippen LogP contribution in [0.2, 0.25) is 0 Å². The highest BCUT2D eigenvalue weighted by Gasteiger charge is 2.14. The van der Waals surface area contributed by atoms with E-state index in [2.05, 4.69) is 4.98 Å². The molecule has 0 spiro atoms. The minimum Gasteiger partial charge on any atom is -0.384 e. The van der Waals surface area contributed by atoms with Crippen LogP contribution in [0.4, 0.5) is 10.2 Å². The maximum atomic E-state index is 13.2. The standard InChI is InChI=1S/C16H18FN3O/c1-3-14-8-12(9-15(18)19-14)16(21)20(2)10-11-5-4-6-13(17)7-11/h4-9H,3,10H2,1-2H3,(H2,18,19). The first-order valence-corrected chi connectivity index (χ1v) is 6.76. The van der Waals surface area contributed by atoms with Gasteiger partial charge in [0, 0.05) is 24.8 Å². The van der Waals surface area contributed by atoms with Gasteiger partial charge in [-0.25, -0.2) is 9.37 Å². The molecular weight excluding hydrogens is 269 g/mol. The average Bonchev–Trinajstić information content (AvgIpc) is 2.45. The van der Waals surface area contributed by atoms with Crippen molar-refractivity contribution < 1.29 is 9.18 Å². The third kappa shape index (κ3) is 3.78. The van der Waals surface area contributed by atoms with Crippen LogP contribution in [-0.4, -0.2) is 22.8 Å². The molecule has 0 saturated heterocycles. The lowest BCUT2D eigenvalue weighted by Crippen LogP contribution is -2.26. The number of rotatable bonds is 4.